The van der Waals surface area contributed by atoms with Gasteiger partial charge in [0.1, 0.15) is 0 Å². The van der Waals surface area contributed by atoms with Crippen LogP contribution in [0.15, 0.2) is 158 Å². The lowest BCUT2D eigenvalue weighted by Crippen LogP contribution is -2.26. The van der Waals surface area contributed by atoms with Gasteiger partial charge in [0.2, 0.25) is 0 Å². The van der Waals surface area contributed by atoms with E-state index in [4.69, 9.17) is 0 Å². The summed E-state index contributed by atoms with van der Waals surface area (Å²) in [6.45, 7) is 4.74. The van der Waals surface area contributed by atoms with Gasteiger partial charge in [-0.1, -0.05) is 135 Å². The maximum atomic E-state index is 2.53. The molecule has 0 amide bonds. The van der Waals surface area contributed by atoms with Gasteiger partial charge in [0, 0.05) is 32.6 Å². The molecule has 1 aliphatic rings. The van der Waals surface area contributed by atoms with E-state index in [1.807, 2.05) is 0 Å². The maximum Gasteiger partial charge on any atom is 0.0641 e. The average Bonchev–Trinajstić information content (AvgIpc) is 3.65. The van der Waals surface area contributed by atoms with Crippen molar-refractivity contribution in [3.05, 3.63) is 169 Å². The van der Waals surface area contributed by atoms with Crippen LogP contribution < -0.4 is 0 Å². The number of para-hydroxylation sites is 3. The Hall–Kier alpha value is -5.86. The minimum atomic E-state index is -0.110. The Morgan fingerprint density at radius 3 is 1.77 bits per heavy atom. The highest BCUT2D eigenvalue weighted by Crippen LogP contribution is 2.50. The van der Waals surface area contributed by atoms with E-state index in [0.29, 0.717) is 0 Å². The van der Waals surface area contributed by atoms with Gasteiger partial charge in [0.15, 0.2) is 0 Å². The van der Waals surface area contributed by atoms with E-state index in [2.05, 4.69) is 181 Å². The number of nitrogens with zero attached hydrogens (tertiary/aromatic N) is 2. The molecule has 9 aromatic rings. The minimum Gasteiger partial charge on any atom is -0.309 e. The van der Waals surface area contributed by atoms with Crippen LogP contribution in [0, 0.1) is 0 Å². The van der Waals surface area contributed by atoms with Gasteiger partial charge in [-0.25, -0.2) is 0 Å². The molecule has 0 saturated heterocycles. The number of benzene rings is 7. The summed E-state index contributed by atoms with van der Waals surface area (Å²) in [6.07, 6.45) is 0. The zero-order valence-electron chi connectivity index (χ0n) is 26.4. The molecule has 0 aliphatic carbocycles. The van der Waals surface area contributed by atoms with E-state index < -0.39 is 0 Å². The van der Waals surface area contributed by atoms with Crippen molar-refractivity contribution in [3.8, 4) is 33.6 Å². The molecule has 47 heavy (non-hydrogen) atoms. The standard InChI is InChI=1S/C45H32N2/c1-45(2)37-20-10-12-23-40(37)47-41-25-24-35-34-18-9-11-22-39(34)46(44(35)42(41)36-19-13-21-38(45)43(36)47)33-27-31(29-14-5-3-6-15-29)26-32(28-33)30-16-7-4-8-17-30/h3-28H,1-2H3. The molecule has 3 heterocycles. The van der Waals surface area contributed by atoms with E-state index in [-0.39, 0.29) is 5.41 Å². The average molecular weight is 601 g/mol. The summed E-state index contributed by atoms with van der Waals surface area (Å²) in [5.74, 6) is 0. The van der Waals surface area contributed by atoms with Crippen molar-refractivity contribution in [3.63, 3.8) is 0 Å². The minimum absolute atomic E-state index is 0.110. The van der Waals surface area contributed by atoms with Crippen LogP contribution in [0.5, 0.6) is 0 Å². The SMILES string of the molecule is CC1(C)c2ccccc2-n2c3ccc4c5ccccc5n(-c5cc(-c6ccccc6)cc(-c6ccccc6)c5)c4c3c3cccc1c32. The zero-order valence-corrected chi connectivity index (χ0v) is 26.4. The lowest BCUT2D eigenvalue weighted by Gasteiger charge is -2.34. The van der Waals surface area contributed by atoms with E-state index in [1.54, 1.807) is 0 Å². The van der Waals surface area contributed by atoms with Crippen LogP contribution in [-0.2, 0) is 5.41 Å². The molecule has 0 atom stereocenters. The molecule has 2 heteroatoms. The molecule has 0 spiro atoms. The van der Waals surface area contributed by atoms with Crippen molar-refractivity contribution in [1.82, 2.24) is 9.13 Å². The maximum absolute atomic E-state index is 2.53. The summed E-state index contributed by atoms with van der Waals surface area (Å²) >= 11 is 0. The monoisotopic (exact) mass is 600 g/mol. The fourth-order valence-electron chi connectivity index (χ4n) is 8.31. The van der Waals surface area contributed by atoms with Crippen molar-refractivity contribution in [2.45, 2.75) is 19.3 Å². The van der Waals surface area contributed by atoms with Gasteiger partial charge >= 0.3 is 0 Å². The van der Waals surface area contributed by atoms with Gasteiger partial charge in [0.05, 0.1) is 27.8 Å². The van der Waals surface area contributed by atoms with Crippen LogP contribution >= 0.6 is 0 Å². The van der Waals surface area contributed by atoms with Crippen LogP contribution in [0.25, 0.3) is 77.2 Å². The van der Waals surface area contributed by atoms with Crippen LogP contribution in [0.2, 0.25) is 0 Å². The van der Waals surface area contributed by atoms with E-state index in [9.17, 15) is 0 Å². The second kappa shape index (κ2) is 9.57. The summed E-state index contributed by atoms with van der Waals surface area (Å²) in [4.78, 5) is 0. The van der Waals surface area contributed by atoms with Crippen LogP contribution in [0.3, 0.4) is 0 Å². The van der Waals surface area contributed by atoms with Gasteiger partial charge in [-0.2, -0.15) is 0 Å². The molecule has 0 unspecified atom stereocenters. The van der Waals surface area contributed by atoms with Crippen molar-refractivity contribution >= 4 is 43.6 Å². The Morgan fingerprint density at radius 1 is 0.404 bits per heavy atom. The molecule has 7 aromatic carbocycles. The fourth-order valence-corrected chi connectivity index (χ4v) is 8.31. The largest absolute Gasteiger partial charge is 0.309 e. The molecule has 10 rings (SSSR count). The molecule has 222 valence electrons. The first-order valence-corrected chi connectivity index (χ1v) is 16.5. The zero-order chi connectivity index (χ0) is 31.3. The number of aromatic nitrogens is 2. The molecule has 0 N–H and O–H groups in total. The normalized spacial score (nSPS) is 13.5. The lowest BCUT2D eigenvalue weighted by atomic mass is 9.75. The molecular formula is C45H32N2. The Kier molecular flexibility index (Phi) is 5.37. The highest BCUT2D eigenvalue weighted by molar-refractivity contribution is 6.26. The molecule has 0 bridgehead atoms. The highest BCUT2D eigenvalue weighted by atomic mass is 15.0. The third-order valence-electron chi connectivity index (χ3n) is 10.5. The Bertz CT molecular complexity index is 2630. The third-order valence-corrected chi connectivity index (χ3v) is 10.5. The number of rotatable bonds is 3. The summed E-state index contributed by atoms with van der Waals surface area (Å²) in [6, 6.07) is 58.1. The van der Waals surface area contributed by atoms with Gasteiger partial charge < -0.3 is 9.13 Å². The van der Waals surface area contributed by atoms with E-state index in [0.717, 1.165) is 5.69 Å². The first-order valence-electron chi connectivity index (χ1n) is 16.5. The second-order valence-electron chi connectivity index (χ2n) is 13.4. The first kappa shape index (κ1) is 26.4. The quantitative estimate of drug-likeness (QED) is 0.191. The molecular weight excluding hydrogens is 569 g/mol. The fraction of sp³-hybridized carbons (Fsp3) is 0.0667. The molecule has 2 nitrogen and oxygen atoms in total. The predicted octanol–water partition coefficient (Wildman–Crippen LogP) is 11.9. The van der Waals surface area contributed by atoms with Crippen molar-refractivity contribution < 1.29 is 0 Å². The Morgan fingerprint density at radius 2 is 1.02 bits per heavy atom. The summed E-state index contributed by atoms with van der Waals surface area (Å²) < 4.78 is 5.05. The van der Waals surface area contributed by atoms with Gasteiger partial charge in [-0.3, -0.25) is 0 Å². The molecule has 0 radical (unpaired) electrons. The number of hydrogen-bond donors (Lipinski definition) is 0. The molecule has 2 aromatic heterocycles. The Labute approximate surface area is 273 Å². The molecule has 0 fully saturated rings. The van der Waals surface area contributed by atoms with E-state index >= 15 is 0 Å². The van der Waals surface area contributed by atoms with Crippen LogP contribution in [0.4, 0.5) is 0 Å². The lowest BCUT2D eigenvalue weighted by molar-refractivity contribution is 0.630. The number of fused-ring (bicyclic) bond motifs is 9. The summed E-state index contributed by atoms with van der Waals surface area (Å²) in [7, 11) is 0. The summed E-state index contributed by atoms with van der Waals surface area (Å²) in [5, 5.41) is 5.14. The van der Waals surface area contributed by atoms with Crippen molar-refractivity contribution in [2.24, 2.45) is 0 Å². The van der Waals surface area contributed by atoms with Crippen LogP contribution in [0.1, 0.15) is 25.0 Å². The molecule has 1 aliphatic heterocycles. The summed E-state index contributed by atoms with van der Waals surface area (Å²) in [5.41, 5.74) is 14.9. The van der Waals surface area contributed by atoms with Gasteiger partial charge in [-0.05, 0) is 69.8 Å². The topological polar surface area (TPSA) is 9.86 Å². The first-order chi connectivity index (χ1) is 23.1. The predicted molar refractivity (Wildman–Crippen MR) is 198 cm³/mol. The smallest absolute Gasteiger partial charge is 0.0641 e. The Balaban J connectivity index is 1.40. The van der Waals surface area contributed by atoms with Gasteiger partial charge in [0.25, 0.3) is 0 Å². The van der Waals surface area contributed by atoms with Crippen molar-refractivity contribution in [2.75, 3.05) is 0 Å². The third kappa shape index (κ3) is 3.61. The van der Waals surface area contributed by atoms with E-state index in [1.165, 1.54) is 82.7 Å². The second-order valence-corrected chi connectivity index (χ2v) is 13.4. The highest BCUT2D eigenvalue weighted by Gasteiger charge is 2.35. The van der Waals surface area contributed by atoms with Crippen molar-refractivity contribution in [1.29, 1.82) is 0 Å². The molecule has 0 saturated carbocycles. The number of hydrogen-bond acceptors (Lipinski definition) is 0. The van der Waals surface area contributed by atoms with Crippen LogP contribution in [-0.4, -0.2) is 9.13 Å². The van der Waals surface area contributed by atoms with Gasteiger partial charge in [-0.15, -0.1) is 0 Å².